The molecule has 0 atom stereocenters. The Morgan fingerprint density at radius 2 is 2.12 bits per heavy atom. The van der Waals surface area contributed by atoms with Crippen molar-refractivity contribution in [2.45, 2.75) is 6.61 Å². The predicted octanol–water partition coefficient (Wildman–Crippen LogP) is 3.45. The molecular formula is C12H9ClFNO. The Hall–Kier alpha value is -1.61. The van der Waals surface area contributed by atoms with Gasteiger partial charge >= 0.3 is 0 Å². The number of halogens is 2. The van der Waals surface area contributed by atoms with Crippen LogP contribution in [0.15, 0.2) is 42.6 Å². The summed E-state index contributed by atoms with van der Waals surface area (Å²) in [6.45, 7) is 0.274. The highest BCUT2D eigenvalue weighted by molar-refractivity contribution is 6.30. The van der Waals surface area contributed by atoms with Crippen molar-refractivity contribution in [1.29, 1.82) is 0 Å². The Balaban J connectivity index is 2.05. The number of benzene rings is 1. The number of rotatable bonds is 3. The van der Waals surface area contributed by atoms with Crippen molar-refractivity contribution in [3.05, 3.63) is 59.1 Å². The van der Waals surface area contributed by atoms with Gasteiger partial charge in [0, 0.05) is 17.8 Å². The molecule has 2 aromatic rings. The quantitative estimate of drug-likeness (QED) is 0.763. The van der Waals surface area contributed by atoms with E-state index in [9.17, 15) is 4.39 Å². The molecule has 0 aliphatic rings. The minimum absolute atomic E-state index is 0.274. The molecule has 0 amide bonds. The molecule has 2 rings (SSSR count). The van der Waals surface area contributed by atoms with E-state index in [1.165, 1.54) is 12.1 Å². The van der Waals surface area contributed by atoms with Gasteiger partial charge in [0.2, 0.25) is 0 Å². The van der Waals surface area contributed by atoms with Crippen LogP contribution in [0.5, 0.6) is 5.75 Å². The fourth-order valence-corrected chi connectivity index (χ4v) is 1.42. The highest BCUT2D eigenvalue weighted by Crippen LogP contribution is 2.17. The Morgan fingerprint density at radius 1 is 1.25 bits per heavy atom. The van der Waals surface area contributed by atoms with E-state index in [1.807, 2.05) is 6.07 Å². The summed E-state index contributed by atoms with van der Waals surface area (Å²) < 4.78 is 18.2. The fourth-order valence-electron chi connectivity index (χ4n) is 1.24. The minimum atomic E-state index is -0.324. The molecule has 0 aliphatic carbocycles. The number of ether oxygens (including phenoxy) is 1. The third-order valence-corrected chi connectivity index (χ3v) is 2.37. The van der Waals surface area contributed by atoms with Gasteiger partial charge in [-0.05, 0) is 18.2 Å². The van der Waals surface area contributed by atoms with Gasteiger partial charge in [0.05, 0.1) is 0 Å². The summed E-state index contributed by atoms with van der Waals surface area (Å²) in [5.41, 5.74) is 0.772. The summed E-state index contributed by atoms with van der Waals surface area (Å²) in [4.78, 5) is 3.92. The maximum atomic E-state index is 12.9. The molecular weight excluding hydrogens is 229 g/mol. The number of pyridine rings is 1. The van der Waals surface area contributed by atoms with E-state index in [1.54, 1.807) is 24.4 Å². The van der Waals surface area contributed by atoms with Gasteiger partial charge in [-0.15, -0.1) is 0 Å². The molecule has 0 saturated heterocycles. The molecule has 2 nitrogen and oxygen atoms in total. The summed E-state index contributed by atoms with van der Waals surface area (Å²) in [6.07, 6.45) is 1.61. The predicted molar refractivity (Wildman–Crippen MR) is 60.0 cm³/mol. The van der Waals surface area contributed by atoms with Crippen molar-refractivity contribution in [2.75, 3.05) is 0 Å². The van der Waals surface area contributed by atoms with Crippen LogP contribution in [-0.2, 0) is 6.61 Å². The first-order chi connectivity index (χ1) is 7.75. The van der Waals surface area contributed by atoms with Crippen LogP contribution in [0.2, 0.25) is 5.15 Å². The van der Waals surface area contributed by atoms with Crippen LogP contribution in [0.4, 0.5) is 4.39 Å². The second-order valence-electron chi connectivity index (χ2n) is 3.20. The molecule has 0 spiro atoms. The Labute approximate surface area is 97.7 Å². The van der Waals surface area contributed by atoms with E-state index < -0.39 is 0 Å². The van der Waals surface area contributed by atoms with Gasteiger partial charge in [0.25, 0.3) is 0 Å². The first-order valence-corrected chi connectivity index (χ1v) is 5.11. The lowest BCUT2D eigenvalue weighted by atomic mass is 10.3. The molecule has 0 N–H and O–H groups in total. The average Bonchev–Trinajstić information content (AvgIpc) is 2.28. The van der Waals surface area contributed by atoms with Gasteiger partial charge in [-0.25, -0.2) is 9.37 Å². The lowest BCUT2D eigenvalue weighted by Crippen LogP contribution is -1.97. The van der Waals surface area contributed by atoms with Crippen LogP contribution < -0.4 is 4.74 Å². The van der Waals surface area contributed by atoms with E-state index >= 15 is 0 Å². The maximum Gasteiger partial charge on any atom is 0.135 e. The first kappa shape index (κ1) is 10.9. The van der Waals surface area contributed by atoms with Gasteiger partial charge in [-0.3, -0.25) is 0 Å². The van der Waals surface area contributed by atoms with E-state index in [-0.39, 0.29) is 12.4 Å². The molecule has 1 heterocycles. The van der Waals surface area contributed by atoms with Gasteiger partial charge in [0.15, 0.2) is 0 Å². The molecule has 0 fully saturated rings. The molecule has 82 valence electrons. The molecule has 0 saturated carbocycles. The molecule has 0 bridgehead atoms. The lowest BCUT2D eigenvalue weighted by molar-refractivity contribution is 0.304. The van der Waals surface area contributed by atoms with Crippen LogP contribution >= 0.6 is 11.6 Å². The monoisotopic (exact) mass is 237 g/mol. The normalized spacial score (nSPS) is 10.1. The minimum Gasteiger partial charge on any atom is -0.489 e. The van der Waals surface area contributed by atoms with Crippen molar-refractivity contribution in [3.63, 3.8) is 0 Å². The van der Waals surface area contributed by atoms with Crippen molar-refractivity contribution in [1.82, 2.24) is 4.98 Å². The van der Waals surface area contributed by atoms with E-state index in [0.717, 1.165) is 5.56 Å². The number of nitrogens with zero attached hydrogens (tertiary/aromatic N) is 1. The van der Waals surface area contributed by atoms with Gasteiger partial charge in [0.1, 0.15) is 23.3 Å². The number of hydrogen-bond donors (Lipinski definition) is 0. The zero-order valence-electron chi connectivity index (χ0n) is 8.36. The topological polar surface area (TPSA) is 22.1 Å². The third kappa shape index (κ3) is 2.70. The third-order valence-electron chi connectivity index (χ3n) is 2.03. The Bertz CT molecular complexity index is 490. The van der Waals surface area contributed by atoms with Crippen molar-refractivity contribution >= 4 is 11.6 Å². The molecule has 0 aliphatic heterocycles. The first-order valence-electron chi connectivity index (χ1n) is 4.73. The standard InChI is InChI=1S/C12H9ClFNO/c13-12-9(3-2-6-15-12)8-16-11-5-1-4-10(14)7-11/h1-7H,8H2. The van der Waals surface area contributed by atoms with Crippen LogP contribution in [0, 0.1) is 5.82 Å². The summed E-state index contributed by atoms with van der Waals surface area (Å²) >= 11 is 5.86. The van der Waals surface area contributed by atoms with Gasteiger partial charge in [-0.2, -0.15) is 0 Å². The second-order valence-corrected chi connectivity index (χ2v) is 3.56. The Morgan fingerprint density at radius 3 is 2.88 bits per heavy atom. The molecule has 1 aromatic heterocycles. The SMILES string of the molecule is Fc1cccc(OCc2cccnc2Cl)c1. The van der Waals surface area contributed by atoms with Crippen LogP contribution in [0.3, 0.4) is 0 Å². The van der Waals surface area contributed by atoms with Crippen molar-refractivity contribution < 1.29 is 9.13 Å². The molecule has 0 unspecified atom stereocenters. The summed E-state index contributed by atoms with van der Waals surface area (Å²) in [5.74, 6) is 0.148. The highest BCUT2D eigenvalue weighted by Gasteiger charge is 2.01. The highest BCUT2D eigenvalue weighted by atomic mass is 35.5. The number of hydrogen-bond acceptors (Lipinski definition) is 2. The van der Waals surface area contributed by atoms with Crippen molar-refractivity contribution in [3.8, 4) is 5.75 Å². The smallest absolute Gasteiger partial charge is 0.135 e. The summed E-state index contributed by atoms with van der Waals surface area (Å²) in [6, 6.07) is 9.56. The largest absolute Gasteiger partial charge is 0.489 e. The van der Waals surface area contributed by atoms with Crippen LogP contribution in [0.1, 0.15) is 5.56 Å². The van der Waals surface area contributed by atoms with E-state index in [2.05, 4.69) is 4.98 Å². The Kier molecular flexibility index (Phi) is 3.37. The van der Waals surface area contributed by atoms with E-state index in [0.29, 0.717) is 10.9 Å². The molecule has 4 heteroatoms. The van der Waals surface area contributed by atoms with Crippen molar-refractivity contribution in [2.24, 2.45) is 0 Å². The molecule has 1 aromatic carbocycles. The molecule has 16 heavy (non-hydrogen) atoms. The summed E-state index contributed by atoms with van der Waals surface area (Å²) in [5, 5.41) is 0.402. The van der Waals surface area contributed by atoms with E-state index in [4.69, 9.17) is 16.3 Å². The van der Waals surface area contributed by atoms with Crippen LogP contribution in [-0.4, -0.2) is 4.98 Å². The maximum absolute atomic E-state index is 12.9. The fraction of sp³-hybridized carbons (Fsp3) is 0.0833. The zero-order valence-corrected chi connectivity index (χ0v) is 9.12. The van der Waals surface area contributed by atoms with Crippen LogP contribution in [0.25, 0.3) is 0 Å². The average molecular weight is 238 g/mol. The number of aromatic nitrogens is 1. The lowest BCUT2D eigenvalue weighted by Gasteiger charge is -2.06. The van der Waals surface area contributed by atoms with Gasteiger partial charge < -0.3 is 4.74 Å². The molecule has 0 radical (unpaired) electrons. The zero-order chi connectivity index (χ0) is 11.4. The second kappa shape index (κ2) is 4.94. The summed E-state index contributed by atoms with van der Waals surface area (Å²) in [7, 11) is 0. The van der Waals surface area contributed by atoms with Gasteiger partial charge in [-0.1, -0.05) is 23.7 Å².